The SMILES string of the molecule is CCCOc1ccc(Cl)cc1CNCCCc1nc2ccccc2[nH]1. The number of para-hydroxylation sites is 2. The van der Waals surface area contributed by atoms with Gasteiger partial charge in [-0.2, -0.15) is 0 Å². The van der Waals surface area contributed by atoms with Crippen LogP contribution >= 0.6 is 11.6 Å². The fourth-order valence-electron chi connectivity index (χ4n) is 2.77. The van der Waals surface area contributed by atoms with E-state index in [0.29, 0.717) is 0 Å². The average Bonchev–Trinajstić information content (AvgIpc) is 3.03. The van der Waals surface area contributed by atoms with Crippen molar-refractivity contribution in [2.24, 2.45) is 0 Å². The number of nitrogens with one attached hydrogen (secondary N) is 2. The lowest BCUT2D eigenvalue weighted by atomic mass is 10.2. The highest BCUT2D eigenvalue weighted by Gasteiger charge is 2.05. The summed E-state index contributed by atoms with van der Waals surface area (Å²) < 4.78 is 5.79. The molecule has 0 aliphatic carbocycles. The van der Waals surface area contributed by atoms with Gasteiger partial charge < -0.3 is 15.0 Å². The molecule has 0 unspecified atom stereocenters. The van der Waals surface area contributed by atoms with Crippen LogP contribution in [0.5, 0.6) is 5.75 Å². The standard InChI is InChI=1S/C20H24ClN3O/c1-2-12-25-19-10-9-16(21)13-15(19)14-22-11-5-8-20-23-17-6-3-4-7-18(17)24-20/h3-4,6-7,9-10,13,22H,2,5,8,11-12,14H2,1H3,(H,23,24). The number of fused-ring (bicyclic) bond motifs is 1. The molecule has 5 heteroatoms. The molecular weight excluding hydrogens is 334 g/mol. The van der Waals surface area contributed by atoms with E-state index in [2.05, 4.69) is 28.3 Å². The van der Waals surface area contributed by atoms with Crippen molar-refractivity contribution in [1.82, 2.24) is 15.3 Å². The second-order valence-electron chi connectivity index (χ2n) is 6.08. The Hall–Kier alpha value is -2.04. The van der Waals surface area contributed by atoms with E-state index in [-0.39, 0.29) is 0 Å². The first kappa shape index (κ1) is 17.8. The zero-order chi connectivity index (χ0) is 17.5. The van der Waals surface area contributed by atoms with Crippen LogP contribution in [0, 0.1) is 0 Å². The minimum Gasteiger partial charge on any atom is -0.493 e. The molecule has 0 radical (unpaired) electrons. The summed E-state index contributed by atoms with van der Waals surface area (Å²) in [5, 5.41) is 4.21. The quantitative estimate of drug-likeness (QED) is 0.544. The van der Waals surface area contributed by atoms with Crippen molar-refractivity contribution in [2.45, 2.75) is 32.7 Å². The van der Waals surface area contributed by atoms with Gasteiger partial charge in [0.1, 0.15) is 11.6 Å². The third-order valence-electron chi connectivity index (χ3n) is 4.01. The predicted octanol–water partition coefficient (Wildman–Crippen LogP) is 4.73. The largest absolute Gasteiger partial charge is 0.493 e. The zero-order valence-electron chi connectivity index (χ0n) is 14.5. The first-order valence-corrected chi connectivity index (χ1v) is 9.19. The highest BCUT2D eigenvalue weighted by Crippen LogP contribution is 2.23. The lowest BCUT2D eigenvalue weighted by Crippen LogP contribution is -2.16. The highest BCUT2D eigenvalue weighted by molar-refractivity contribution is 6.30. The first-order valence-electron chi connectivity index (χ1n) is 8.82. The summed E-state index contributed by atoms with van der Waals surface area (Å²) in [5.74, 6) is 1.95. The molecular formula is C20H24ClN3O. The first-order chi connectivity index (χ1) is 12.3. The number of aryl methyl sites for hydroxylation is 1. The highest BCUT2D eigenvalue weighted by atomic mass is 35.5. The number of halogens is 1. The molecule has 1 heterocycles. The van der Waals surface area contributed by atoms with E-state index < -0.39 is 0 Å². The van der Waals surface area contributed by atoms with E-state index in [0.717, 1.165) is 72.2 Å². The number of rotatable bonds is 9. The number of aromatic nitrogens is 2. The maximum absolute atomic E-state index is 6.11. The Kier molecular flexibility index (Phi) is 6.31. The number of benzene rings is 2. The Morgan fingerprint density at radius 2 is 2.08 bits per heavy atom. The molecule has 2 aromatic carbocycles. The van der Waals surface area contributed by atoms with Gasteiger partial charge in [-0.05, 0) is 49.7 Å². The molecule has 0 saturated carbocycles. The molecule has 4 nitrogen and oxygen atoms in total. The average molecular weight is 358 g/mol. The molecule has 3 aromatic rings. The van der Waals surface area contributed by atoms with Crippen molar-refractivity contribution in [3.05, 3.63) is 58.9 Å². The predicted molar refractivity (Wildman–Crippen MR) is 103 cm³/mol. The summed E-state index contributed by atoms with van der Waals surface area (Å²) in [7, 11) is 0. The molecule has 0 spiro atoms. The Morgan fingerprint density at radius 3 is 2.92 bits per heavy atom. The van der Waals surface area contributed by atoms with E-state index in [4.69, 9.17) is 16.3 Å². The summed E-state index contributed by atoms with van der Waals surface area (Å²) in [6.07, 6.45) is 2.94. The summed E-state index contributed by atoms with van der Waals surface area (Å²) in [5.41, 5.74) is 3.23. The molecule has 0 saturated heterocycles. The molecule has 3 rings (SSSR count). The van der Waals surface area contributed by atoms with Crippen molar-refractivity contribution in [2.75, 3.05) is 13.2 Å². The Morgan fingerprint density at radius 1 is 1.20 bits per heavy atom. The zero-order valence-corrected chi connectivity index (χ0v) is 15.3. The smallest absolute Gasteiger partial charge is 0.123 e. The van der Waals surface area contributed by atoms with Gasteiger partial charge in [0.2, 0.25) is 0 Å². The van der Waals surface area contributed by atoms with Gasteiger partial charge in [0.15, 0.2) is 0 Å². The third kappa shape index (κ3) is 4.97. The Balaban J connectivity index is 1.47. The number of imidazole rings is 1. The van der Waals surface area contributed by atoms with Crippen LogP contribution in [0.1, 0.15) is 31.2 Å². The minimum atomic E-state index is 0.723. The van der Waals surface area contributed by atoms with Gasteiger partial charge in [-0.3, -0.25) is 0 Å². The summed E-state index contributed by atoms with van der Waals surface area (Å²) in [4.78, 5) is 7.97. The Bertz CT molecular complexity index is 783. The minimum absolute atomic E-state index is 0.723. The number of H-pyrrole nitrogens is 1. The van der Waals surface area contributed by atoms with Gasteiger partial charge in [-0.25, -0.2) is 4.98 Å². The topological polar surface area (TPSA) is 49.9 Å². The van der Waals surface area contributed by atoms with Crippen LogP contribution in [-0.2, 0) is 13.0 Å². The number of aromatic amines is 1. The molecule has 0 bridgehead atoms. The maximum atomic E-state index is 6.11. The third-order valence-corrected chi connectivity index (χ3v) is 4.24. The van der Waals surface area contributed by atoms with Crippen LogP contribution in [0.2, 0.25) is 5.02 Å². The van der Waals surface area contributed by atoms with Crippen molar-refractivity contribution >= 4 is 22.6 Å². The second-order valence-corrected chi connectivity index (χ2v) is 6.52. The fraction of sp³-hybridized carbons (Fsp3) is 0.350. The molecule has 1 aromatic heterocycles. The number of ether oxygens (including phenoxy) is 1. The van der Waals surface area contributed by atoms with Gasteiger partial charge in [0.05, 0.1) is 17.6 Å². The van der Waals surface area contributed by atoms with E-state index in [1.807, 2.05) is 36.4 Å². The van der Waals surface area contributed by atoms with Crippen LogP contribution in [0.4, 0.5) is 0 Å². The lowest BCUT2D eigenvalue weighted by molar-refractivity contribution is 0.313. The Labute approximate surface area is 153 Å². The number of nitrogens with zero attached hydrogens (tertiary/aromatic N) is 1. The van der Waals surface area contributed by atoms with Crippen LogP contribution in [0.15, 0.2) is 42.5 Å². The summed E-state index contributed by atoms with van der Waals surface area (Å²) >= 11 is 6.11. The van der Waals surface area contributed by atoms with Crippen molar-refractivity contribution < 1.29 is 4.74 Å². The van der Waals surface area contributed by atoms with Crippen molar-refractivity contribution in [3.8, 4) is 5.75 Å². The van der Waals surface area contributed by atoms with Gasteiger partial charge in [-0.1, -0.05) is 30.7 Å². The lowest BCUT2D eigenvalue weighted by Gasteiger charge is -2.12. The monoisotopic (exact) mass is 357 g/mol. The van der Waals surface area contributed by atoms with E-state index in [9.17, 15) is 0 Å². The van der Waals surface area contributed by atoms with Gasteiger partial charge in [-0.15, -0.1) is 0 Å². The van der Waals surface area contributed by atoms with Crippen LogP contribution in [-0.4, -0.2) is 23.1 Å². The molecule has 0 atom stereocenters. The van der Waals surface area contributed by atoms with Crippen LogP contribution in [0.25, 0.3) is 11.0 Å². The van der Waals surface area contributed by atoms with Gasteiger partial charge in [0.25, 0.3) is 0 Å². The second kappa shape index (κ2) is 8.88. The fourth-order valence-corrected chi connectivity index (χ4v) is 2.96. The summed E-state index contributed by atoms with van der Waals surface area (Å²) in [6, 6.07) is 13.9. The summed E-state index contributed by atoms with van der Waals surface area (Å²) in [6.45, 7) is 4.49. The maximum Gasteiger partial charge on any atom is 0.123 e. The molecule has 0 amide bonds. The molecule has 0 fully saturated rings. The van der Waals surface area contributed by atoms with Crippen molar-refractivity contribution in [1.29, 1.82) is 0 Å². The number of hydrogen-bond acceptors (Lipinski definition) is 3. The van der Waals surface area contributed by atoms with E-state index in [1.165, 1.54) is 0 Å². The van der Waals surface area contributed by atoms with E-state index in [1.54, 1.807) is 0 Å². The molecule has 132 valence electrons. The van der Waals surface area contributed by atoms with Gasteiger partial charge in [0, 0.05) is 23.6 Å². The van der Waals surface area contributed by atoms with Crippen molar-refractivity contribution in [3.63, 3.8) is 0 Å². The molecule has 0 aliphatic rings. The van der Waals surface area contributed by atoms with Gasteiger partial charge >= 0.3 is 0 Å². The van der Waals surface area contributed by atoms with Crippen LogP contribution in [0.3, 0.4) is 0 Å². The molecule has 2 N–H and O–H groups in total. The van der Waals surface area contributed by atoms with Crippen LogP contribution < -0.4 is 10.1 Å². The van der Waals surface area contributed by atoms with E-state index >= 15 is 0 Å². The molecule has 0 aliphatic heterocycles. The molecule has 25 heavy (non-hydrogen) atoms. The number of hydrogen-bond donors (Lipinski definition) is 2. The normalized spacial score (nSPS) is 11.1.